The summed E-state index contributed by atoms with van der Waals surface area (Å²) in [6.45, 7) is 18.8. The molecule has 6 rings (SSSR count). The molecular formula is C32H41NO5. The molecule has 0 aromatic heterocycles. The Morgan fingerprint density at radius 2 is 1.92 bits per heavy atom. The maximum Gasteiger partial charge on any atom is 0.164 e. The van der Waals surface area contributed by atoms with E-state index < -0.39 is 29.0 Å². The second kappa shape index (κ2) is 7.83. The van der Waals surface area contributed by atoms with Gasteiger partial charge < -0.3 is 25.1 Å². The van der Waals surface area contributed by atoms with Crippen LogP contribution < -0.4 is 5.73 Å². The number of nitrogens with two attached hydrogens (primary N) is 1. The van der Waals surface area contributed by atoms with Crippen molar-refractivity contribution in [2.45, 2.75) is 78.5 Å². The lowest BCUT2D eigenvalue weighted by atomic mass is 9.59. The predicted molar refractivity (Wildman–Crippen MR) is 147 cm³/mol. The average Bonchev–Trinajstić information content (AvgIpc) is 3.31. The summed E-state index contributed by atoms with van der Waals surface area (Å²) < 4.78 is 19.3. The number of anilines is 1. The fourth-order valence-corrected chi connectivity index (χ4v) is 8.57. The Balaban J connectivity index is 1.53. The number of carbonyl (C=O) groups excluding carboxylic acids is 1. The number of rotatable bonds is 3. The van der Waals surface area contributed by atoms with Crippen LogP contribution in [-0.4, -0.2) is 41.1 Å². The zero-order chi connectivity index (χ0) is 27.6. The van der Waals surface area contributed by atoms with Gasteiger partial charge in [0.15, 0.2) is 23.3 Å². The summed E-state index contributed by atoms with van der Waals surface area (Å²) in [5, 5.41) is 13.2. The van der Waals surface area contributed by atoms with Gasteiger partial charge in [0, 0.05) is 17.2 Å². The number of Topliss-reactive ketones (excluding diaryl/α,β-unsaturated/α-hetero) is 1. The third-order valence-electron chi connectivity index (χ3n) is 10.5. The number of nitrogen functional groups attached to an aromatic ring is 1. The molecule has 38 heavy (non-hydrogen) atoms. The van der Waals surface area contributed by atoms with E-state index in [0.717, 1.165) is 23.1 Å². The summed E-state index contributed by atoms with van der Waals surface area (Å²) in [5.41, 5.74) is 7.39. The number of ether oxygens (including phenoxy) is 3. The van der Waals surface area contributed by atoms with Crippen LogP contribution in [-0.2, 0) is 19.0 Å². The van der Waals surface area contributed by atoms with Gasteiger partial charge in [0.05, 0.1) is 12.0 Å². The van der Waals surface area contributed by atoms with Crippen LogP contribution in [0.5, 0.6) is 0 Å². The van der Waals surface area contributed by atoms with E-state index in [9.17, 15) is 9.90 Å². The Hall–Kier alpha value is -2.41. The van der Waals surface area contributed by atoms with E-state index in [2.05, 4.69) is 33.4 Å². The number of aliphatic hydroxyl groups is 1. The van der Waals surface area contributed by atoms with Gasteiger partial charge in [-0.25, -0.2) is 0 Å². The normalized spacial score (nSPS) is 41.9. The van der Waals surface area contributed by atoms with Crippen LogP contribution in [0.2, 0.25) is 0 Å². The standard InChI is InChI=1S/C32H41NO5/c1-16-10-9-11-23(33)24(16)19(4)37-27-17(2)14-31-18(3)12-22-25(29(22,5)6)21(26(31)34)13-20-15-36-30(7,8)38-28(20)32(27,31)35/h9-11,13-14,18,21-22,25,27-28,35H,4,12,15,33H2,1-3,5-8H3/t18-,21?,22-,25+,27?,28?,31?,32?/m1/s1. The first-order chi connectivity index (χ1) is 17.7. The van der Waals surface area contributed by atoms with Crippen molar-refractivity contribution in [1.29, 1.82) is 0 Å². The first kappa shape index (κ1) is 25.8. The zero-order valence-electron chi connectivity index (χ0n) is 23.6. The Morgan fingerprint density at radius 3 is 2.61 bits per heavy atom. The molecular weight excluding hydrogens is 478 g/mol. The van der Waals surface area contributed by atoms with E-state index in [-0.39, 0.29) is 29.0 Å². The molecule has 0 amide bonds. The lowest BCUT2D eigenvalue weighted by Gasteiger charge is -2.53. The SMILES string of the molecule is C=C(OC1C(C)=CC23C(=O)C(C=C4COC(C)(C)OC4C12O)[C@H]1[C@@H](C[C@H]3C)C1(C)C)c1c(C)cccc1N. The molecule has 1 heterocycles. The molecule has 6 heteroatoms. The van der Waals surface area contributed by atoms with Crippen LogP contribution >= 0.6 is 0 Å². The molecule has 5 aliphatic rings. The molecule has 204 valence electrons. The van der Waals surface area contributed by atoms with E-state index in [1.165, 1.54) is 0 Å². The second-order valence-corrected chi connectivity index (χ2v) is 13.5. The van der Waals surface area contributed by atoms with Crippen LogP contribution in [0.25, 0.3) is 5.76 Å². The van der Waals surface area contributed by atoms with Crippen molar-refractivity contribution in [3.63, 3.8) is 0 Å². The van der Waals surface area contributed by atoms with Gasteiger partial charge in [-0.3, -0.25) is 4.79 Å². The summed E-state index contributed by atoms with van der Waals surface area (Å²) in [7, 11) is 0. The first-order valence-electron chi connectivity index (χ1n) is 13.9. The second-order valence-electron chi connectivity index (χ2n) is 13.5. The summed E-state index contributed by atoms with van der Waals surface area (Å²) in [6, 6.07) is 5.67. The Bertz CT molecular complexity index is 1290. The van der Waals surface area contributed by atoms with Crippen molar-refractivity contribution in [1.82, 2.24) is 0 Å². The Kier molecular flexibility index (Phi) is 5.33. The lowest BCUT2D eigenvalue weighted by Crippen LogP contribution is -2.68. The number of hydrogen-bond donors (Lipinski definition) is 2. The number of carbonyl (C=O) groups is 1. The highest BCUT2D eigenvalue weighted by Crippen LogP contribution is 2.72. The largest absolute Gasteiger partial charge is 0.483 e. The predicted octanol–water partition coefficient (Wildman–Crippen LogP) is 5.20. The molecule has 1 aromatic carbocycles. The van der Waals surface area contributed by atoms with Crippen LogP contribution in [0.3, 0.4) is 0 Å². The molecule has 1 aliphatic heterocycles. The highest BCUT2D eigenvalue weighted by atomic mass is 16.7. The Morgan fingerprint density at radius 1 is 1.21 bits per heavy atom. The maximum absolute atomic E-state index is 14.8. The number of ketones is 1. The van der Waals surface area contributed by atoms with Gasteiger partial charge in [-0.15, -0.1) is 0 Å². The molecule has 6 nitrogen and oxygen atoms in total. The topological polar surface area (TPSA) is 91.0 Å². The van der Waals surface area contributed by atoms with Crippen LogP contribution in [0.1, 0.15) is 59.1 Å². The monoisotopic (exact) mass is 519 g/mol. The molecule has 1 saturated heterocycles. The molecule has 3 N–H and O–H groups in total. The van der Waals surface area contributed by atoms with E-state index in [1.54, 1.807) is 0 Å². The third kappa shape index (κ3) is 3.14. The molecule has 1 aromatic rings. The highest BCUT2D eigenvalue weighted by molar-refractivity contribution is 5.95. The van der Waals surface area contributed by atoms with E-state index in [1.807, 2.05) is 52.0 Å². The van der Waals surface area contributed by atoms with Gasteiger partial charge in [0.2, 0.25) is 0 Å². The zero-order valence-corrected chi connectivity index (χ0v) is 23.6. The van der Waals surface area contributed by atoms with Gasteiger partial charge >= 0.3 is 0 Å². The molecule has 0 radical (unpaired) electrons. The molecule has 2 bridgehead atoms. The lowest BCUT2D eigenvalue weighted by molar-refractivity contribution is -0.302. The number of hydrogen-bond acceptors (Lipinski definition) is 6. The minimum atomic E-state index is -1.68. The van der Waals surface area contributed by atoms with Crippen molar-refractivity contribution in [2.24, 2.45) is 34.5 Å². The molecule has 3 fully saturated rings. The summed E-state index contributed by atoms with van der Waals surface area (Å²) in [6.07, 6.45) is 3.32. The first-order valence-corrected chi connectivity index (χ1v) is 13.9. The van der Waals surface area contributed by atoms with E-state index in [0.29, 0.717) is 29.5 Å². The molecule has 2 saturated carbocycles. The van der Waals surface area contributed by atoms with Crippen molar-refractivity contribution >= 4 is 17.2 Å². The van der Waals surface area contributed by atoms with Crippen molar-refractivity contribution < 1.29 is 24.1 Å². The molecule has 5 unspecified atom stereocenters. The van der Waals surface area contributed by atoms with E-state index >= 15 is 0 Å². The van der Waals surface area contributed by atoms with Crippen LogP contribution in [0.15, 0.2) is 48.1 Å². The maximum atomic E-state index is 14.8. The average molecular weight is 520 g/mol. The minimum absolute atomic E-state index is 0.0698. The van der Waals surface area contributed by atoms with Crippen LogP contribution in [0, 0.1) is 41.4 Å². The minimum Gasteiger partial charge on any atom is -0.483 e. The smallest absolute Gasteiger partial charge is 0.164 e. The number of allylic oxidation sites excluding steroid dienone is 1. The third-order valence-corrected chi connectivity index (χ3v) is 10.5. The van der Waals surface area contributed by atoms with Crippen molar-refractivity contribution in [2.75, 3.05) is 12.3 Å². The van der Waals surface area contributed by atoms with Crippen LogP contribution in [0.4, 0.5) is 5.69 Å². The Labute approximate surface area is 225 Å². The highest BCUT2D eigenvalue weighted by Gasteiger charge is 2.77. The van der Waals surface area contributed by atoms with Gasteiger partial charge in [-0.2, -0.15) is 0 Å². The molecule has 8 atom stereocenters. The van der Waals surface area contributed by atoms with E-state index in [4.69, 9.17) is 19.9 Å². The number of fused-ring (bicyclic) bond motifs is 5. The van der Waals surface area contributed by atoms with Crippen molar-refractivity contribution in [3.05, 3.63) is 59.2 Å². The van der Waals surface area contributed by atoms with Gasteiger partial charge in [0.1, 0.15) is 11.9 Å². The quantitative estimate of drug-likeness (QED) is 0.324. The molecule has 1 spiro atoms. The number of aryl methyl sites for hydroxylation is 1. The fourth-order valence-electron chi connectivity index (χ4n) is 8.57. The molecule has 4 aliphatic carbocycles. The van der Waals surface area contributed by atoms with Crippen molar-refractivity contribution in [3.8, 4) is 0 Å². The van der Waals surface area contributed by atoms with Gasteiger partial charge in [0.25, 0.3) is 0 Å². The summed E-state index contributed by atoms with van der Waals surface area (Å²) in [4.78, 5) is 14.8. The van der Waals surface area contributed by atoms with Gasteiger partial charge in [-0.1, -0.05) is 51.6 Å². The van der Waals surface area contributed by atoms with Gasteiger partial charge in [-0.05, 0) is 80.1 Å². The number of benzene rings is 1. The summed E-state index contributed by atoms with van der Waals surface area (Å²) in [5.74, 6) is -0.252. The summed E-state index contributed by atoms with van der Waals surface area (Å²) >= 11 is 0. The fraction of sp³-hybridized carbons (Fsp3) is 0.594.